The van der Waals surface area contributed by atoms with Crippen molar-refractivity contribution in [3.63, 3.8) is 0 Å². The van der Waals surface area contributed by atoms with Gasteiger partial charge in [-0.25, -0.2) is 9.37 Å². The summed E-state index contributed by atoms with van der Waals surface area (Å²) in [6, 6.07) is 18.8. The van der Waals surface area contributed by atoms with Crippen molar-refractivity contribution in [1.82, 2.24) is 4.98 Å². The third-order valence-electron chi connectivity index (χ3n) is 4.97. The maximum atomic E-state index is 12.9. The monoisotopic (exact) mass is 593 g/mol. The molecule has 0 radical (unpaired) electrons. The summed E-state index contributed by atoms with van der Waals surface area (Å²) in [6.45, 7) is 1.78. The third kappa shape index (κ3) is 9.25. The number of rotatable bonds is 6. The molecule has 4 rings (SSSR count). The molecule has 2 amide bonds. The molecule has 0 fully saturated rings. The number of amides is 2. The lowest BCUT2D eigenvalue weighted by Gasteiger charge is -2.10. The van der Waals surface area contributed by atoms with Crippen LogP contribution in [-0.4, -0.2) is 16.8 Å². The number of hydrogen-bond acceptors (Lipinski definition) is 4. The first-order chi connectivity index (χ1) is 18.9. The highest BCUT2D eigenvalue weighted by Gasteiger charge is 2.30. The second-order valence-electron chi connectivity index (χ2n) is 7.98. The highest BCUT2D eigenvalue weighted by atomic mass is 35.5. The Hall–Kier alpha value is -4.15. The molecule has 6 nitrogen and oxygen atoms in total. The summed E-state index contributed by atoms with van der Waals surface area (Å²) in [5.41, 5.74) is 0.169. The molecule has 0 bridgehead atoms. The number of nitrogens with zero attached hydrogens (tertiary/aromatic N) is 1. The van der Waals surface area contributed by atoms with Gasteiger partial charge in [-0.05, 0) is 66.7 Å². The second kappa shape index (κ2) is 13.8. The van der Waals surface area contributed by atoms with Crippen LogP contribution in [0.3, 0.4) is 0 Å². The van der Waals surface area contributed by atoms with E-state index in [1.165, 1.54) is 54.6 Å². The summed E-state index contributed by atoms with van der Waals surface area (Å²) in [5.74, 6) is -1.16. The molecule has 0 atom stereocenters. The number of benzene rings is 3. The average Bonchev–Trinajstić information content (AvgIpc) is 2.92. The lowest BCUT2D eigenvalue weighted by Crippen LogP contribution is -2.13. The average molecular weight is 594 g/mol. The van der Waals surface area contributed by atoms with E-state index < -0.39 is 23.5 Å². The van der Waals surface area contributed by atoms with Crippen LogP contribution in [0.5, 0.6) is 11.6 Å². The van der Waals surface area contributed by atoms with Gasteiger partial charge in [0.2, 0.25) is 11.8 Å². The summed E-state index contributed by atoms with van der Waals surface area (Å²) in [6.07, 6.45) is -4.05. The number of carbonyl (C=O) groups excluding carboxylic acids is 2. The van der Waals surface area contributed by atoms with Crippen molar-refractivity contribution in [1.29, 1.82) is 0 Å². The van der Waals surface area contributed by atoms with Crippen LogP contribution in [0, 0.1) is 5.82 Å². The minimum Gasteiger partial charge on any atom is -0.439 e. The van der Waals surface area contributed by atoms with Crippen molar-refractivity contribution in [2.24, 2.45) is 0 Å². The molecule has 40 heavy (non-hydrogen) atoms. The maximum absolute atomic E-state index is 12.9. The van der Waals surface area contributed by atoms with Gasteiger partial charge in [-0.15, -0.1) is 0 Å². The third-order valence-corrected chi connectivity index (χ3v) is 5.71. The van der Waals surface area contributed by atoms with Crippen LogP contribution in [0.15, 0.2) is 84.9 Å². The fourth-order valence-corrected chi connectivity index (χ4v) is 3.30. The van der Waals surface area contributed by atoms with Gasteiger partial charge in [0.05, 0.1) is 15.6 Å². The predicted molar refractivity (Wildman–Crippen MR) is 145 cm³/mol. The first-order valence-corrected chi connectivity index (χ1v) is 12.3. The molecule has 0 aliphatic heterocycles. The first kappa shape index (κ1) is 30.4. The Morgan fingerprint density at radius 2 is 1.52 bits per heavy atom. The van der Waals surface area contributed by atoms with Gasteiger partial charge in [0, 0.05) is 23.9 Å². The lowest BCUT2D eigenvalue weighted by molar-refractivity contribution is -0.137. The van der Waals surface area contributed by atoms with Gasteiger partial charge in [-0.2, -0.15) is 13.2 Å². The number of pyridine rings is 1. The summed E-state index contributed by atoms with van der Waals surface area (Å²) in [5, 5.41) is 6.13. The van der Waals surface area contributed by atoms with Crippen molar-refractivity contribution < 1.29 is 31.9 Å². The predicted octanol–water partition coefficient (Wildman–Crippen LogP) is 8.63. The number of carbonyl (C=O) groups is 2. The highest BCUT2D eigenvalue weighted by molar-refractivity contribution is 6.42. The summed E-state index contributed by atoms with van der Waals surface area (Å²) >= 11 is 11.5. The molecule has 0 saturated carbocycles. The smallest absolute Gasteiger partial charge is 0.416 e. The summed E-state index contributed by atoms with van der Waals surface area (Å²) < 4.78 is 56.5. The zero-order valence-corrected chi connectivity index (χ0v) is 22.2. The van der Waals surface area contributed by atoms with E-state index in [0.717, 1.165) is 12.1 Å². The lowest BCUT2D eigenvalue weighted by atomic mass is 10.2. The van der Waals surface area contributed by atoms with Crippen LogP contribution < -0.4 is 15.4 Å². The van der Waals surface area contributed by atoms with E-state index in [0.29, 0.717) is 27.8 Å². The van der Waals surface area contributed by atoms with Gasteiger partial charge in [-0.3, -0.25) is 9.59 Å². The van der Waals surface area contributed by atoms with Gasteiger partial charge in [0.1, 0.15) is 17.3 Å². The van der Waals surface area contributed by atoms with Crippen LogP contribution >= 0.6 is 23.2 Å². The molecule has 0 saturated heterocycles. The number of nitrogens with one attached hydrogen (secondary N) is 2. The molecule has 2 N–H and O–H groups in total. The SMILES string of the molecule is CCC(=O)Nc1ccc(Cl)c(Cl)c1.O=C(Nc1ccc(F)cc1)c1cccc(Oc2cccc(C(F)(F)F)c2)n1. The number of hydrogen-bond donors (Lipinski definition) is 2. The van der Waals surface area contributed by atoms with Crippen LogP contribution in [0.25, 0.3) is 0 Å². The maximum Gasteiger partial charge on any atom is 0.416 e. The molecule has 0 aliphatic rings. The van der Waals surface area contributed by atoms with Crippen molar-refractivity contribution in [2.75, 3.05) is 10.6 Å². The van der Waals surface area contributed by atoms with E-state index in [1.54, 1.807) is 25.1 Å². The van der Waals surface area contributed by atoms with Gasteiger partial charge < -0.3 is 15.4 Å². The zero-order chi connectivity index (χ0) is 29.3. The molecule has 1 heterocycles. The van der Waals surface area contributed by atoms with E-state index in [-0.39, 0.29) is 23.2 Å². The van der Waals surface area contributed by atoms with Gasteiger partial charge in [-0.1, -0.05) is 42.3 Å². The second-order valence-corrected chi connectivity index (χ2v) is 8.79. The standard InChI is InChI=1S/C19H12F4N2O2.C9H9Cl2NO/c20-13-7-9-14(10-8-13)24-18(26)16-5-2-6-17(25-16)27-15-4-1-3-12(11-15)19(21,22)23;1-2-9(13)12-6-3-4-7(10)8(11)5-6/h1-11H,(H,24,26);3-5H,2H2,1H3,(H,12,13). The Bertz CT molecular complexity index is 1480. The Labute approximate surface area is 236 Å². The number of anilines is 2. The van der Waals surface area contributed by atoms with Gasteiger partial charge >= 0.3 is 6.18 Å². The first-order valence-electron chi connectivity index (χ1n) is 11.6. The summed E-state index contributed by atoms with van der Waals surface area (Å²) in [7, 11) is 0. The number of halogens is 6. The molecule has 4 aromatic rings. The van der Waals surface area contributed by atoms with Crippen LogP contribution in [-0.2, 0) is 11.0 Å². The fraction of sp³-hybridized carbons (Fsp3) is 0.107. The van der Waals surface area contributed by atoms with Crippen LogP contribution in [0.1, 0.15) is 29.4 Å². The normalized spacial score (nSPS) is 10.7. The highest BCUT2D eigenvalue weighted by Crippen LogP contribution is 2.32. The molecule has 208 valence electrons. The number of alkyl halides is 3. The molecule has 3 aromatic carbocycles. The van der Waals surface area contributed by atoms with Crippen LogP contribution in [0.4, 0.5) is 28.9 Å². The van der Waals surface area contributed by atoms with Crippen molar-refractivity contribution in [3.05, 3.63) is 112 Å². The molecule has 0 unspecified atom stereocenters. The Morgan fingerprint density at radius 1 is 0.850 bits per heavy atom. The Morgan fingerprint density at radius 3 is 2.17 bits per heavy atom. The van der Waals surface area contributed by atoms with E-state index in [1.807, 2.05) is 0 Å². The zero-order valence-electron chi connectivity index (χ0n) is 20.7. The van der Waals surface area contributed by atoms with Gasteiger partial charge in [0.15, 0.2) is 0 Å². The molecular formula is C28H21Cl2F4N3O3. The minimum atomic E-state index is -4.50. The fourth-order valence-electron chi connectivity index (χ4n) is 3.01. The van der Waals surface area contributed by atoms with E-state index in [2.05, 4.69) is 15.6 Å². The van der Waals surface area contributed by atoms with Gasteiger partial charge in [0.25, 0.3) is 5.91 Å². The number of ether oxygens (including phenoxy) is 1. The minimum absolute atomic E-state index is 0.0104. The van der Waals surface area contributed by atoms with Crippen molar-refractivity contribution in [3.8, 4) is 11.6 Å². The summed E-state index contributed by atoms with van der Waals surface area (Å²) in [4.78, 5) is 27.2. The Balaban J connectivity index is 0.000000285. The van der Waals surface area contributed by atoms with Crippen molar-refractivity contribution in [2.45, 2.75) is 19.5 Å². The molecular weight excluding hydrogens is 573 g/mol. The van der Waals surface area contributed by atoms with E-state index >= 15 is 0 Å². The molecule has 1 aromatic heterocycles. The van der Waals surface area contributed by atoms with E-state index in [9.17, 15) is 27.2 Å². The topological polar surface area (TPSA) is 80.3 Å². The van der Waals surface area contributed by atoms with Crippen molar-refractivity contribution >= 4 is 46.4 Å². The Kier molecular flexibility index (Phi) is 10.5. The van der Waals surface area contributed by atoms with E-state index in [4.69, 9.17) is 27.9 Å². The largest absolute Gasteiger partial charge is 0.439 e. The molecule has 12 heteroatoms. The quantitative estimate of drug-likeness (QED) is 0.219. The molecule has 0 aliphatic carbocycles. The van der Waals surface area contributed by atoms with Crippen LogP contribution in [0.2, 0.25) is 10.0 Å². The molecule has 0 spiro atoms. The number of aromatic nitrogens is 1.